The van der Waals surface area contributed by atoms with Crippen LogP contribution in [0, 0.1) is 5.92 Å². The summed E-state index contributed by atoms with van der Waals surface area (Å²) in [5, 5.41) is 32.0. The summed E-state index contributed by atoms with van der Waals surface area (Å²) < 4.78 is 5.84. The van der Waals surface area contributed by atoms with Gasteiger partial charge < -0.3 is 29.5 Å². The van der Waals surface area contributed by atoms with Gasteiger partial charge in [-0.25, -0.2) is 4.98 Å². The molecule has 5 aromatic rings. The number of para-hydroxylation sites is 2. The number of aliphatic carboxylic acids is 2. The van der Waals surface area contributed by atoms with Crippen molar-refractivity contribution in [3.63, 3.8) is 0 Å². The van der Waals surface area contributed by atoms with E-state index >= 15 is 0 Å². The van der Waals surface area contributed by atoms with Crippen molar-refractivity contribution in [3.05, 3.63) is 120 Å². The highest BCUT2D eigenvalue weighted by molar-refractivity contribution is 5.89. The lowest BCUT2D eigenvalue weighted by atomic mass is 9.92. The molecule has 0 unspecified atom stereocenters. The smallest absolute Gasteiger partial charge is 0.310 e. The van der Waals surface area contributed by atoms with Gasteiger partial charge in [0.1, 0.15) is 24.1 Å². The van der Waals surface area contributed by atoms with Gasteiger partial charge in [0.15, 0.2) is 17.2 Å². The molecule has 11 heteroatoms. The lowest BCUT2D eigenvalue weighted by Crippen LogP contribution is -2.46. The summed E-state index contributed by atoms with van der Waals surface area (Å²) in [5.41, 5.74) is 3.93. The summed E-state index contributed by atoms with van der Waals surface area (Å²) in [6.45, 7) is 0.437. The quantitative estimate of drug-likeness (QED) is 0.101. The van der Waals surface area contributed by atoms with Crippen LogP contribution in [0.3, 0.4) is 0 Å². The van der Waals surface area contributed by atoms with E-state index in [1.807, 2.05) is 97.1 Å². The fraction of sp³-hybridized carbons (Fsp3) is 0.243. The van der Waals surface area contributed by atoms with Crippen molar-refractivity contribution in [3.8, 4) is 5.75 Å². The lowest BCUT2D eigenvalue weighted by Gasteiger charge is -2.31. The molecule has 1 amide bonds. The van der Waals surface area contributed by atoms with Crippen LogP contribution in [0.5, 0.6) is 5.75 Å². The molecule has 0 fully saturated rings. The van der Waals surface area contributed by atoms with Crippen molar-refractivity contribution in [1.82, 2.24) is 9.88 Å². The lowest BCUT2D eigenvalue weighted by molar-refractivity contribution is -0.194. The number of carboxylic acid groups (broad SMARTS) is 2. The second-order valence-electron chi connectivity index (χ2n) is 11.8. The van der Waals surface area contributed by atoms with E-state index in [0.29, 0.717) is 36.7 Å². The summed E-state index contributed by atoms with van der Waals surface area (Å²) in [4.78, 5) is 53.7. The van der Waals surface area contributed by atoms with Gasteiger partial charge in [-0.05, 0) is 52.6 Å². The molecule has 3 N–H and O–H groups in total. The Bertz CT molecular complexity index is 1950. The van der Waals surface area contributed by atoms with Gasteiger partial charge in [-0.3, -0.25) is 14.4 Å². The fourth-order valence-corrected chi connectivity index (χ4v) is 5.88. The highest BCUT2D eigenvalue weighted by atomic mass is 17.2. The van der Waals surface area contributed by atoms with Crippen molar-refractivity contribution in [2.75, 3.05) is 6.54 Å². The van der Waals surface area contributed by atoms with Crippen LogP contribution < -0.4 is 4.89 Å². The second-order valence-corrected chi connectivity index (χ2v) is 11.8. The number of hydrogen-bond donors (Lipinski definition) is 3. The van der Waals surface area contributed by atoms with E-state index in [4.69, 9.17) is 14.2 Å². The van der Waals surface area contributed by atoms with Gasteiger partial charge >= 0.3 is 11.9 Å². The Labute approximate surface area is 275 Å². The van der Waals surface area contributed by atoms with Crippen LogP contribution in [0.4, 0.5) is 0 Å². The molecule has 11 nitrogen and oxygen atoms in total. The maximum atomic E-state index is 13.9. The van der Waals surface area contributed by atoms with Crippen LogP contribution in [0.15, 0.2) is 101 Å². The Morgan fingerprint density at radius 2 is 1.71 bits per heavy atom. The number of oxazole rings is 1. The average Bonchev–Trinajstić information content (AvgIpc) is 3.73. The highest BCUT2D eigenvalue weighted by Gasteiger charge is 2.37. The summed E-state index contributed by atoms with van der Waals surface area (Å²) in [6.07, 6.45) is 1.80. The number of amides is 1. The van der Waals surface area contributed by atoms with Crippen LogP contribution in [0.25, 0.3) is 21.9 Å². The number of aliphatic hydroxyl groups excluding tert-OH is 1. The SMILES string of the molecule is O=C(O)C[C@H](C(=O)O)[C@H](O)C(=O)N(Cc1ccc2ccccc2c1)C[C@H](C/C=C/Cc1nc2ccccc2o1)c1ccc2c(c1)OOC2. The maximum absolute atomic E-state index is 13.9. The third-order valence-corrected chi connectivity index (χ3v) is 8.43. The molecule has 2 heterocycles. The van der Waals surface area contributed by atoms with Gasteiger partial charge in [-0.1, -0.05) is 72.8 Å². The zero-order chi connectivity index (χ0) is 33.6. The summed E-state index contributed by atoms with van der Waals surface area (Å²) in [6, 6.07) is 26.7. The number of carbonyl (C=O) groups is 3. The van der Waals surface area contributed by atoms with Gasteiger partial charge in [-0.2, -0.15) is 4.89 Å². The van der Waals surface area contributed by atoms with E-state index in [0.717, 1.165) is 33.0 Å². The van der Waals surface area contributed by atoms with E-state index in [1.165, 1.54) is 4.90 Å². The second kappa shape index (κ2) is 14.5. The van der Waals surface area contributed by atoms with Crippen LogP contribution in [0.2, 0.25) is 0 Å². The molecule has 0 saturated heterocycles. The number of nitrogens with zero attached hydrogens (tertiary/aromatic N) is 2. The molecule has 0 bridgehead atoms. The minimum absolute atomic E-state index is 0.0494. The maximum Gasteiger partial charge on any atom is 0.310 e. The number of carboxylic acids is 2. The number of aliphatic hydroxyl groups is 1. The topological polar surface area (TPSA) is 160 Å². The molecule has 0 spiro atoms. The van der Waals surface area contributed by atoms with Gasteiger partial charge in [0.2, 0.25) is 0 Å². The number of aromatic nitrogens is 1. The van der Waals surface area contributed by atoms with E-state index in [-0.39, 0.29) is 19.0 Å². The molecule has 1 aliphatic rings. The van der Waals surface area contributed by atoms with Crippen LogP contribution in [-0.4, -0.2) is 55.7 Å². The van der Waals surface area contributed by atoms with Crippen LogP contribution in [0.1, 0.15) is 41.3 Å². The summed E-state index contributed by atoms with van der Waals surface area (Å²) in [7, 11) is 0. The molecule has 0 aliphatic carbocycles. The third kappa shape index (κ3) is 7.54. The number of benzene rings is 4. The first-order valence-electron chi connectivity index (χ1n) is 15.6. The summed E-state index contributed by atoms with van der Waals surface area (Å²) >= 11 is 0. The van der Waals surface area contributed by atoms with Crippen molar-refractivity contribution in [1.29, 1.82) is 0 Å². The average molecular weight is 651 g/mol. The molecule has 4 aromatic carbocycles. The van der Waals surface area contributed by atoms with Crippen molar-refractivity contribution < 1.29 is 43.9 Å². The van der Waals surface area contributed by atoms with E-state index in [1.54, 1.807) is 0 Å². The minimum atomic E-state index is -2.08. The van der Waals surface area contributed by atoms with Crippen molar-refractivity contribution >= 4 is 39.7 Å². The van der Waals surface area contributed by atoms with Crippen LogP contribution >= 0.6 is 0 Å². The zero-order valence-corrected chi connectivity index (χ0v) is 25.9. The van der Waals surface area contributed by atoms with Gasteiger partial charge in [0.25, 0.3) is 5.91 Å². The molecule has 6 rings (SSSR count). The van der Waals surface area contributed by atoms with Gasteiger partial charge in [0.05, 0.1) is 6.42 Å². The molecule has 48 heavy (non-hydrogen) atoms. The Hall–Kier alpha value is -5.52. The highest BCUT2D eigenvalue weighted by Crippen LogP contribution is 2.33. The number of fused-ring (bicyclic) bond motifs is 3. The van der Waals surface area contributed by atoms with Gasteiger partial charge in [-0.15, -0.1) is 0 Å². The first-order valence-corrected chi connectivity index (χ1v) is 15.6. The molecule has 1 aliphatic heterocycles. The molecule has 3 atom stereocenters. The molecule has 246 valence electrons. The first kappa shape index (κ1) is 32.4. The number of rotatable bonds is 14. The van der Waals surface area contributed by atoms with E-state index in [2.05, 4.69) is 4.98 Å². The molecular formula is C37H34N2O9. The summed E-state index contributed by atoms with van der Waals surface area (Å²) in [5.74, 6) is -4.92. The third-order valence-electron chi connectivity index (χ3n) is 8.43. The standard InChI is InChI=1S/C37H34N2O9/c40-34(41)19-29(37(44)45)35(42)36(43)39(20-23-13-14-24-7-1-2-8-25(24)17-23)21-27(26-15-16-28-22-46-48-32(28)18-26)9-3-6-12-33-38-30-10-4-5-11-31(30)47-33/h1-8,10-11,13-18,27,29,35,42H,9,12,19-22H2,(H,40,41)(H,44,45)/b6-3+/t27-,29-,35-/m0/s1. The largest absolute Gasteiger partial charge is 0.481 e. The molecule has 0 radical (unpaired) electrons. The fourth-order valence-electron chi connectivity index (χ4n) is 5.88. The predicted molar refractivity (Wildman–Crippen MR) is 175 cm³/mol. The monoisotopic (exact) mass is 650 g/mol. The molecule has 1 aromatic heterocycles. The number of hydrogen-bond acceptors (Lipinski definition) is 8. The Morgan fingerprint density at radius 3 is 2.50 bits per heavy atom. The predicted octanol–water partition coefficient (Wildman–Crippen LogP) is 5.64. The van der Waals surface area contributed by atoms with E-state index < -0.39 is 36.3 Å². The zero-order valence-electron chi connectivity index (χ0n) is 25.9. The van der Waals surface area contributed by atoms with Crippen LogP contribution in [-0.2, 0) is 38.8 Å². The van der Waals surface area contributed by atoms with Crippen molar-refractivity contribution in [2.45, 2.75) is 44.4 Å². The number of carbonyl (C=O) groups excluding carboxylic acids is 1. The van der Waals surface area contributed by atoms with Crippen molar-refractivity contribution in [2.24, 2.45) is 5.92 Å². The molecule has 0 saturated carbocycles. The number of allylic oxidation sites excluding steroid dienone is 2. The minimum Gasteiger partial charge on any atom is -0.481 e. The Balaban J connectivity index is 1.30. The normalized spacial score (nSPS) is 14.4. The Kier molecular flexibility index (Phi) is 9.79. The Morgan fingerprint density at radius 1 is 0.917 bits per heavy atom. The molecular weight excluding hydrogens is 616 g/mol. The van der Waals surface area contributed by atoms with E-state index in [9.17, 15) is 29.7 Å². The van der Waals surface area contributed by atoms with Gasteiger partial charge in [0, 0.05) is 31.0 Å². The first-order chi connectivity index (χ1) is 23.2.